The molecule has 1 fully saturated rings. The Labute approximate surface area is 230 Å². The molecule has 1 N–H and O–H groups in total. The second-order valence-electron chi connectivity index (χ2n) is 9.27. The Morgan fingerprint density at radius 3 is 2.38 bits per heavy atom. The van der Waals surface area contributed by atoms with Gasteiger partial charge in [0.1, 0.15) is 29.5 Å². The number of carbonyl (C=O) groups is 3. The molecule has 0 unspecified atom stereocenters. The lowest BCUT2D eigenvalue weighted by Crippen LogP contribution is -2.54. The van der Waals surface area contributed by atoms with Crippen LogP contribution in [0.25, 0.3) is 16.8 Å². The van der Waals surface area contributed by atoms with Crippen LogP contribution in [-0.2, 0) is 16.2 Å². The number of rotatable bonds is 9. The number of carbonyl (C=O) groups excluding carboxylic acids is 3. The van der Waals surface area contributed by atoms with Gasteiger partial charge in [0.25, 0.3) is 11.8 Å². The molecule has 1 heterocycles. The fourth-order valence-corrected chi connectivity index (χ4v) is 4.35. The highest BCUT2D eigenvalue weighted by Crippen LogP contribution is 2.32. The number of benzene rings is 4. The Hall–Kier alpha value is -4.98. The van der Waals surface area contributed by atoms with Gasteiger partial charge < -0.3 is 9.47 Å². The summed E-state index contributed by atoms with van der Waals surface area (Å²) in [6.07, 6.45) is 3.36. The predicted molar refractivity (Wildman–Crippen MR) is 151 cm³/mol. The van der Waals surface area contributed by atoms with Crippen molar-refractivity contribution in [2.75, 3.05) is 11.5 Å². The number of amides is 4. The van der Waals surface area contributed by atoms with Crippen molar-refractivity contribution in [3.05, 3.63) is 107 Å². The molecule has 40 heavy (non-hydrogen) atoms. The van der Waals surface area contributed by atoms with Gasteiger partial charge in [0.05, 0.1) is 12.3 Å². The van der Waals surface area contributed by atoms with Gasteiger partial charge in [-0.05, 0) is 71.3 Å². The maximum absolute atomic E-state index is 13.6. The first kappa shape index (κ1) is 26.6. The number of hydrogen-bond acceptors (Lipinski definition) is 5. The van der Waals surface area contributed by atoms with E-state index in [1.165, 1.54) is 18.2 Å². The van der Waals surface area contributed by atoms with Crippen LogP contribution in [0.5, 0.6) is 11.5 Å². The average Bonchev–Trinajstić information content (AvgIpc) is 2.96. The molecule has 4 amide bonds. The quantitative estimate of drug-likeness (QED) is 0.151. The molecule has 0 atom stereocenters. The normalized spacial score (nSPS) is 14.5. The minimum atomic E-state index is -0.836. The van der Waals surface area contributed by atoms with Crippen LogP contribution < -0.4 is 19.7 Å². The van der Waals surface area contributed by atoms with E-state index in [4.69, 9.17) is 9.47 Å². The summed E-state index contributed by atoms with van der Waals surface area (Å²) in [5, 5.41) is 3.89. The van der Waals surface area contributed by atoms with Crippen molar-refractivity contribution < 1.29 is 28.2 Å². The Morgan fingerprint density at radius 2 is 1.62 bits per heavy atom. The molecule has 0 spiro atoms. The van der Waals surface area contributed by atoms with E-state index in [2.05, 4.69) is 12.2 Å². The van der Waals surface area contributed by atoms with Crippen molar-refractivity contribution in [3.63, 3.8) is 0 Å². The summed E-state index contributed by atoms with van der Waals surface area (Å²) in [6.45, 7) is 2.78. The monoisotopic (exact) mass is 538 g/mol. The van der Waals surface area contributed by atoms with Crippen molar-refractivity contribution >= 4 is 40.4 Å². The number of ether oxygens (including phenoxy) is 2. The van der Waals surface area contributed by atoms with Crippen molar-refractivity contribution in [3.8, 4) is 11.5 Å². The lowest BCUT2D eigenvalue weighted by molar-refractivity contribution is -0.122. The molecular formula is C32H27FN2O5. The number of hydrogen-bond donors (Lipinski definition) is 1. The Kier molecular flexibility index (Phi) is 7.87. The molecule has 4 aromatic carbocycles. The fraction of sp³-hybridized carbons (Fsp3) is 0.156. The molecule has 1 aliphatic heterocycles. The smallest absolute Gasteiger partial charge is 0.335 e. The van der Waals surface area contributed by atoms with Gasteiger partial charge in [0.2, 0.25) is 0 Å². The van der Waals surface area contributed by atoms with E-state index in [1.807, 2.05) is 30.3 Å². The number of urea groups is 1. The first-order valence-electron chi connectivity index (χ1n) is 13.0. The molecule has 1 aliphatic rings. The van der Waals surface area contributed by atoms with Crippen LogP contribution in [0.4, 0.5) is 14.9 Å². The van der Waals surface area contributed by atoms with Gasteiger partial charge in [0, 0.05) is 5.56 Å². The molecule has 5 rings (SSSR count). The highest BCUT2D eigenvalue weighted by molar-refractivity contribution is 6.39. The van der Waals surface area contributed by atoms with E-state index in [-0.39, 0.29) is 18.0 Å². The summed E-state index contributed by atoms with van der Waals surface area (Å²) in [5.41, 5.74) is 1.34. The number of nitrogens with zero attached hydrogens (tertiary/aromatic N) is 1. The zero-order valence-corrected chi connectivity index (χ0v) is 21.9. The Bertz CT molecular complexity index is 1600. The number of anilines is 1. The molecule has 4 aromatic rings. The highest BCUT2D eigenvalue weighted by atomic mass is 19.1. The maximum Gasteiger partial charge on any atom is 0.335 e. The second kappa shape index (κ2) is 11.8. The summed E-state index contributed by atoms with van der Waals surface area (Å²) in [5.74, 6) is -0.866. The minimum absolute atomic E-state index is 0.145. The summed E-state index contributed by atoms with van der Waals surface area (Å²) >= 11 is 0. The van der Waals surface area contributed by atoms with Crippen molar-refractivity contribution in [1.29, 1.82) is 0 Å². The molecular weight excluding hydrogens is 511 g/mol. The van der Waals surface area contributed by atoms with E-state index in [9.17, 15) is 18.8 Å². The van der Waals surface area contributed by atoms with Gasteiger partial charge in [-0.15, -0.1) is 0 Å². The van der Waals surface area contributed by atoms with Crippen molar-refractivity contribution in [1.82, 2.24) is 5.32 Å². The van der Waals surface area contributed by atoms with Crippen LogP contribution in [-0.4, -0.2) is 24.5 Å². The fourth-order valence-electron chi connectivity index (χ4n) is 4.35. The van der Waals surface area contributed by atoms with Gasteiger partial charge in [0.15, 0.2) is 0 Å². The van der Waals surface area contributed by atoms with E-state index in [0.717, 1.165) is 34.1 Å². The van der Waals surface area contributed by atoms with Crippen LogP contribution in [0, 0.1) is 5.82 Å². The molecule has 0 aliphatic carbocycles. The minimum Gasteiger partial charge on any atom is -0.494 e. The zero-order chi connectivity index (χ0) is 28.1. The Morgan fingerprint density at radius 1 is 0.875 bits per heavy atom. The van der Waals surface area contributed by atoms with Crippen molar-refractivity contribution in [2.45, 2.75) is 26.4 Å². The third-order valence-electron chi connectivity index (χ3n) is 6.49. The summed E-state index contributed by atoms with van der Waals surface area (Å²) in [7, 11) is 0. The third-order valence-corrected chi connectivity index (χ3v) is 6.49. The number of unbranched alkanes of at least 4 members (excludes halogenated alkanes) is 1. The van der Waals surface area contributed by atoms with E-state index in [1.54, 1.807) is 42.5 Å². The lowest BCUT2D eigenvalue weighted by atomic mass is 9.99. The SMILES string of the molecule is CCCCOc1ccc(N2C(=O)NC(=O)/C(=C/c3c(OCc4ccc(F)cc4)ccc4ccccc34)C2=O)cc1. The van der Waals surface area contributed by atoms with Crippen LogP contribution >= 0.6 is 0 Å². The number of nitrogens with one attached hydrogen (secondary N) is 1. The molecule has 8 heteroatoms. The first-order chi connectivity index (χ1) is 19.4. The molecule has 0 radical (unpaired) electrons. The largest absolute Gasteiger partial charge is 0.494 e. The molecule has 202 valence electrons. The summed E-state index contributed by atoms with van der Waals surface area (Å²) in [6, 6.07) is 22.8. The Balaban J connectivity index is 1.49. The van der Waals surface area contributed by atoms with E-state index < -0.39 is 17.8 Å². The predicted octanol–water partition coefficient (Wildman–Crippen LogP) is 6.40. The second-order valence-corrected chi connectivity index (χ2v) is 9.27. The van der Waals surface area contributed by atoms with Crippen LogP contribution in [0.15, 0.2) is 90.5 Å². The molecule has 7 nitrogen and oxygen atoms in total. The summed E-state index contributed by atoms with van der Waals surface area (Å²) < 4.78 is 25.1. The topological polar surface area (TPSA) is 84.9 Å². The summed E-state index contributed by atoms with van der Waals surface area (Å²) in [4.78, 5) is 40.1. The van der Waals surface area contributed by atoms with Gasteiger partial charge in [-0.1, -0.05) is 55.8 Å². The number of halogens is 1. The van der Waals surface area contributed by atoms with E-state index in [0.29, 0.717) is 29.4 Å². The van der Waals surface area contributed by atoms with Gasteiger partial charge in [-0.3, -0.25) is 14.9 Å². The first-order valence-corrected chi connectivity index (χ1v) is 13.0. The number of fused-ring (bicyclic) bond motifs is 1. The maximum atomic E-state index is 13.6. The standard InChI is InChI=1S/C32H27FN2O5/c1-2-3-18-39-25-15-13-24(14-16-25)35-31(37)28(30(36)34-32(35)38)19-27-26-7-5-4-6-22(26)10-17-29(27)40-20-21-8-11-23(33)12-9-21/h4-17,19H,2-3,18,20H2,1H3,(H,34,36,38)/b28-19-. The highest BCUT2D eigenvalue weighted by Gasteiger charge is 2.37. The van der Waals surface area contributed by atoms with E-state index >= 15 is 0 Å². The van der Waals surface area contributed by atoms with Crippen molar-refractivity contribution in [2.24, 2.45) is 0 Å². The molecule has 0 saturated carbocycles. The number of imide groups is 2. The number of barbiturate groups is 1. The van der Waals surface area contributed by atoms with Crippen LogP contribution in [0.1, 0.15) is 30.9 Å². The van der Waals surface area contributed by atoms with Gasteiger partial charge in [-0.2, -0.15) is 0 Å². The zero-order valence-electron chi connectivity index (χ0n) is 21.9. The molecule has 0 bridgehead atoms. The van der Waals surface area contributed by atoms with Gasteiger partial charge >= 0.3 is 6.03 Å². The van der Waals surface area contributed by atoms with Crippen LogP contribution in [0.2, 0.25) is 0 Å². The molecule has 1 saturated heterocycles. The third kappa shape index (κ3) is 5.71. The van der Waals surface area contributed by atoms with Gasteiger partial charge in [-0.25, -0.2) is 14.1 Å². The molecule has 0 aromatic heterocycles. The average molecular weight is 539 g/mol. The lowest BCUT2D eigenvalue weighted by Gasteiger charge is -2.26. The van der Waals surface area contributed by atoms with Crippen LogP contribution in [0.3, 0.4) is 0 Å².